The fraction of sp³-hybridized carbons (Fsp3) is 1.00. The molecule has 0 aliphatic rings. The molecule has 0 spiro atoms. The van der Waals surface area contributed by atoms with E-state index in [1.165, 1.54) is 11.4 Å². The fourth-order valence-corrected chi connectivity index (χ4v) is 0. The van der Waals surface area contributed by atoms with E-state index >= 15 is 0 Å². The van der Waals surface area contributed by atoms with Gasteiger partial charge in [-0.25, -0.2) is 0 Å². The number of halogens is 2. The highest BCUT2D eigenvalue weighted by Crippen LogP contribution is 1.25. The van der Waals surface area contributed by atoms with Crippen LogP contribution >= 0.6 is 0 Å². The number of nitrogens with two attached hydrogens (primary N) is 1. The SMILES string of the molecule is CC[NH+](C)C.C[NH2+]C.[Br-].[Br-]. The van der Waals surface area contributed by atoms with Gasteiger partial charge in [0.2, 0.25) is 0 Å². The molecule has 0 aromatic rings. The molecule has 0 unspecified atom stereocenters. The average molecular weight is 280 g/mol. The van der Waals surface area contributed by atoms with Crippen LogP contribution in [0.5, 0.6) is 0 Å². The summed E-state index contributed by atoms with van der Waals surface area (Å²) < 4.78 is 0. The Balaban J connectivity index is -0.0000000326. The average Bonchev–Trinajstić information content (AvgIpc) is 1.69. The number of quaternary nitrogens is 2. The molecule has 2 nitrogen and oxygen atoms in total. The van der Waals surface area contributed by atoms with Crippen molar-refractivity contribution in [1.29, 1.82) is 0 Å². The first kappa shape index (κ1) is 22.4. The Morgan fingerprint density at radius 1 is 1.10 bits per heavy atom. The maximum atomic E-state index is 2.16. The van der Waals surface area contributed by atoms with Gasteiger partial charge in [-0.2, -0.15) is 0 Å². The highest BCUT2D eigenvalue weighted by atomic mass is 79.9. The van der Waals surface area contributed by atoms with Crippen molar-refractivity contribution in [2.75, 3.05) is 34.7 Å². The van der Waals surface area contributed by atoms with E-state index in [0.717, 1.165) is 0 Å². The molecule has 0 amide bonds. The van der Waals surface area contributed by atoms with Crippen LogP contribution in [-0.4, -0.2) is 34.7 Å². The number of nitrogens with one attached hydrogen (secondary N) is 1. The molecule has 0 aromatic heterocycles. The molecule has 0 aliphatic carbocycles. The van der Waals surface area contributed by atoms with E-state index in [1.54, 1.807) is 0 Å². The zero-order chi connectivity index (χ0) is 6.99. The summed E-state index contributed by atoms with van der Waals surface area (Å²) >= 11 is 0. The molecule has 0 bridgehead atoms. The topological polar surface area (TPSA) is 21.1 Å². The molecule has 0 aromatic carbocycles. The van der Waals surface area contributed by atoms with E-state index in [9.17, 15) is 0 Å². The summed E-state index contributed by atoms with van der Waals surface area (Å²) in [6.45, 7) is 3.38. The Bertz CT molecular complexity index is 34.9. The van der Waals surface area contributed by atoms with Gasteiger partial charge in [-0.05, 0) is 6.92 Å². The summed E-state index contributed by atoms with van der Waals surface area (Å²) in [5.41, 5.74) is 0. The summed E-state index contributed by atoms with van der Waals surface area (Å²) in [6, 6.07) is 0. The molecular formula is C6H20Br2N2. The van der Waals surface area contributed by atoms with Crippen LogP contribution in [0.4, 0.5) is 0 Å². The lowest BCUT2D eigenvalue weighted by Crippen LogP contribution is -3.05. The lowest BCUT2D eigenvalue weighted by atomic mass is 10.7. The third kappa shape index (κ3) is 66.5. The molecule has 68 valence electrons. The van der Waals surface area contributed by atoms with Gasteiger partial charge in [-0.15, -0.1) is 0 Å². The Morgan fingerprint density at radius 3 is 1.20 bits per heavy atom. The van der Waals surface area contributed by atoms with Crippen LogP contribution < -0.4 is 44.2 Å². The lowest BCUT2D eigenvalue weighted by Gasteiger charge is -1.97. The second kappa shape index (κ2) is 22.5. The van der Waals surface area contributed by atoms with Crippen molar-refractivity contribution in [1.82, 2.24) is 0 Å². The minimum atomic E-state index is 0. The zero-order valence-corrected chi connectivity index (χ0v) is 10.7. The summed E-state index contributed by atoms with van der Waals surface area (Å²) in [4.78, 5) is 1.50. The van der Waals surface area contributed by atoms with Crippen molar-refractivity contribution in [3.63, 3.8) is 0 Å². The third-order valence-corrected chi connectivity index (χ3v) is 0.707. The predicted molar refractivity (Wildman–Crippen MR) is 37.1 cm³/mol. The molecule has 0 heterocycles. The van der Waals surface area contributed by atoms with Gasteiger partial charge in [0.1, 0.15) is 0 Å². The van der Waals surface area contributed by atoms with Gasteiger partial charge in [-0.3, -0.25) is 0 Å². The second-order valence-corrected chi connectivity index (χ2v) is 2.14. The van der Waals surface area contributed by atoms with Crippen LogP contribution in [0, 0.1) is 0 Å². The normalized spacial score (nSPS) is 6.60. The van der Waals surface area contributed by atoms with Gasteiger partial charge in [0.15, 0.2) is 0 Å². The smallest absolute Gasteiger partial charge is 0.0738 e. The summed E-state index contributed by atoms with van der Waals surface area (Å²) in [5.74, 6) is 0. The largest absolute Gasteiger partial charge is 1.00 e. The molecule has 0 saturated carbocycles. The van der Waals surface area contributed by atoms with Crippen molar-refractivity contribution in [3.8, 4) is 0 Å². The maximum Gasteiger partial charge on any atom is 0.0738 e. The van der Waals surface area contributed by atoms with Crippen molar-refractivity contribution >= 4 is 0 Å². The minimum Gasteiger partial charge on any atom is -1.00 e. The van der Waals surface area contributed by atoms with Gasteiger partial charge < -0.3 is 44.2 Å². The van der Waals surface area contributed by atoms with Gasteiger partial charge >= 0.3 is 0 Å². The first-order chi connectivity index (χ1) is 3.68. The zero-order valence-electron chi connectivity index (χ0n) is 7.54. The van der Waals surface area contributed by atoms with E-state index in [1.807, 2.05) is 19.4 Å². The number of hydrogen-bond donors (Lipinski definition) is 2. The van der Waals surface area contributed by atoms with E-state index in [4.69, 9.17) is 0 Å². The Hall–Kier alpha value is 0.880. The highest BCUT2D eigenvalue weighted by Gasteiger charge is 1.75. The van der Waals surface area contributed by atoms with Crippen LogP contribution in [0.2, 0.25) is 0 Å². The summed E-state index contributed by atoms with van der Waals surface area (Å²) in [5, 5.41) is 2.00. The summed E-state index contributed by atoms with van der Waals surface area (Å²) in [7, 11) is 8.28. The van der Waals surface area contributed by atoms with E-state index in [2.05, 4.69) is 21.0 Å². The molecule has 0 radical (unpaired) electrons. The Morgan fingerprint density at radius 2 is 1.20 bits per heavy atom. The molecule has 0 atom stereocenters. The van der Waals surface area contributed by atoms with Crippen molar-refractivity contribution in [3.05, 3.63) is 0 Å². The molecule has 10 heavy (non-hydrogen) atoms. The van der Waals surface area contributed by atoms with E-state index in [0.29, 0.717) is 0 Å². The summed E-state index contributed by atoms with van der Waals surface area (Å²) in [6.07, 6.45) is 0. The van der Waals surface area contributed by atoms with Gasteiger partial charge in [0, 0.05) is 0 Å². The van der Waals surface area contributed by atoms with Crippen molar-refractivity contribution < 1.29 is 44.2 Å². The van der Waals surface area contributed by atoms with E-state index < -0.39 is 0 Å². The van der Waals surface area contributed by atoms with Crippen LogP contribution in [0.15, 0.2) is 0 Å². The molecule has 3 N–H and O–H groups in total. The van der Waals surface area contributed by atoms with Crippen molar-refractivity contribution in [2.45, 2.75) is 6.92 Å². The molecule has 0 fully saturated rings. The van der Waals surface area contributed by atoms with Gasteiger partial charge in [0.25, 0.3) is 0 Å². The Kier molecular flexibility index (Phi) is 50.6. The van der Waals surface area contributed by atoms with Crippen LogP contribution in [0.3, 0.4) is 0 Å². The Labute approximate surface area is 85.9 Å². The van der Waals surface area contributed by atoms with Gasteiger partial charge in [0.05, 0.1) is 34.7 Å². The van der Waals surface area contributed by atoms with Gasteiger partial charge in [-0.1, -0.05) is 0 Å². The monoisotopic (exact) mass is 278 g/mol. The fourth-order valence-electron chi connectivity index (χ4n) is 0. The quantitative estimate of drug-likeness (QED) is 0.476. The minimum absolute atomic E-state index is 0. The standard InChI is InChI=1S/C4H11N.C2H7N.2BrH/c1-4-5(2)3;1-3-2;;/h4H2,1-3H3;3H,1-2H3;2*1H. The van der Waals surface area contributed by atoms with Crippen LogP contribution in [-0.2, 0) is 0 Å². The molecule has 0 aliphatic heterocycles. The van der Waals surface area contributed by atoms with Crippen LogP contribution in [0.1, 0.15) is 6.92 Å². The predicted octanol–water partition coefficient (Wildman–Crippen LogP) is -8.03. The molecule has 4 heteroatoms. The second-order valence-electron chi connectivity index (χ2n) is 2.14. The number of rotatable bonds is 1. The molecule has 0 rings (SSSR count). The lowest BCUT2D eigenvalue weighted by molar-refractivity contribution is -0.856. The molecular weight excluding hydrogens is 260 g/mol. The van der Waals surface area contributed by atoms with E-state index in [-0.39, 0.29) is 34.0 Å². The highest BCUT2D eigenvalue weighted by molar-refractivity contribution is 3.92. The first-order valence-electron chi connectivity index (χ1n) is 3.22. The van der Waals surface area contributed by atoms with Crippen LogP contribution in [0.25, 0.3) is 0 Å². The molecule has 0 saturated heterocycles. The third-order valence-electron chi connectivity index (χ3n) is 0.707. The number of hydrogen-bond acceptors (Lipinski definition) is 0. The first-order valence-corrected chi connectivity index (χ1v) is 3.22. The maximum absolute atomic E-state index is 2.16. The van der Waals surface area contributed by atoms with Crippen molar-refractivity contribution in [2.24, 2.45) is 0 Å².